The molecule has 1 aromatic carbocycles. The minimum Gasteiger partial charge on any atom is -0.490 e. The molecule has 19 heavy (non-hydrogen) atoms. The highest BCUT2D eigenvalue weighted by atomic mass is 16.5. The fourth-order valence-corrected chi connectivity index (χ4v) is 1.36. The van der Waals surface area contributed by atoms with Gasteiger partial charge in [0.25, 0.3) is 0 Å². The van der Waals surface area contributed by atoms with Crippen molar-refractivity contribution >= 4 is 6.29 Å². The summed E-state index contributed by atoms with van der Waals surface area (Å²) >= 11 is 0. The van der Waals surface area contributed by atoms with E-state index in [0.717, 1.165) is 24.5 Å². The molecule has 0 radical (unpaired) electrons. The van der Waals surface area contributed by atoms with Crippen LogP contribution in [0.3, 0.4) is 0 Å². The summed E-state index contributed by atoms with van der Waals surface area (Å²) in [6, 6.07) is 5.61. The Hall–Kier alpha value is -2.13. The largest absolute Gasteiger partial charge is 0.490 e. The van der Waals surface area contributed by atoms with Gasteiger partial charge in [0, 0.05) is 12.7 Å². The van der Waals surface area contributed by atoms with Crippen LogP contribution in [0.2, 0.25) is 0 Å². The number of aliphatic hydroxyl groups excluding tert-OH is 1. The summed E-state index contributed by atoms with van der Waals surface area (Å²) in [6.45, 7) is 9.66. The molecule has 0 heterocycles. The van der Waals surface area contributed by atoms with Crippen molar-refractivity contribution in [1.29, 1.82) is 0 Å². The normalized spacial score (nSPS) is 9.42. The Morgan fingerprint density at radius 2 is 2.11 bits per heavy atom. The average Bonchev–Trinajstić information content (AvgIpc) is 2.45. The molecule has 0 saturated heterocycles. The highest BCUT2D eigenvalue weighted by Crippen LogP contribution is 2.11. The lowest BCUT2D eigenvalue weighted by atomic mass is 10.1. The molecule has 0 saturated carbocycles. The molecule has 0 aliphatic heterocycles. The van der Waals surface area contributed by atoms with Crippen LogP contribution in [0.4, 0.5) is 0 Å². The summed E-state index contributed by atoms with van der Waals surface area (Å²) in [5.74, 6) is 0.585. The monoisotopic (exact) mass is 260 g/mol. The number of ether oxygens (including phenoxy) is 1. The van der Waals surface area contributed by atoms with Gasteiger partial charge in [-0.3, -0.25) is 4.79 Å². The Morgan fingerprint density at radius 3 is 2.63 bits per heavy atom. The number of allylic oxidation sites excluding steroid dienone is 3. The van der Waals surface area contributed by atoms with E-state index in [2.05, 4.69) is 13.2 Å². The Kier molecular flexibility index (Phi) is 8.75. The lowest BCUT2D eigenvalue weighted by Gasteiger charge is -2.07. The molecule has 3 heteroatoms. The predicted octanol–water partition coefficient (Wildman–Crippen LogP) is 3.19. The van der Waals surface area contributed by atoms with Crippen molar-refractivity contribution in [3.63, 3.8) is 0 Å². The van der Waals surface area contributed by atoms with Crippen LogP contribution < -0.4 is 0 Å². The number of hydrogen-bond acceptors (Lipinski definition) is 3. The zero-order chi connectivity index (χ0) is 14.7. The van der Waals surface area contributed by atoms with Crippen LogP contribution in [0, 0.1) is 6.92 Å². The molecule has 0 amide bonds. The molecule has 0 bridgehead atoms. The first kappa shape index (κ1) is 16.9. The molecule has 0 unspecified atom stereocenters. The minimum atomic E-state index is 0.445. The number of hydrogen-bond donors (Lipinski definition) is 1. The molecule has 102 valence electrons. The molecule has 0 atom stereocenters. The number of aryl methyl sites for hydroxylation is 1. The van der Waals surface area contributed by atoms with Gasteiger partial charge in [-0.15, -0.1) is 0 Å². The second-order valence-electron chi connectivity index (χ2n) is 3.66. The smallest absolute Gasteiger partial charge is 0.150 e. The number of carbonyl (C=O) groups is 1. The van der Waals surface area contributed by atoms with Crippen molar-refractivity contribution in [3.8, 4) is 0 Å². The van der Waals surface area contributed by atoms with Crippen molar-refractivity contribution in [1.82, 2.24) is 0 Å². The van der Waals surface area contributed by atoms with Gasteiger partial charge in [0.2, 0.25) is 0 Å². The van der Waals surface area contributed by atoms with Crippen LogP contribution in [-0.2, 0) is 11.3 Å². The lowest BCUT2D eigenvalue weighted by molar-refractivity contribution is 0.112. The minimum absolute atomic E-state index is 0.445. The molecule has 0 spiro atoms. The lowest BCUT2D eigenvalue weighted by Crippen LogP contribution is -1.94. The number of benzene rings is 1. The van der Waals surface area contributed by atoms with Crippen LogP contribution in [0.5, 0.6) is 0 Å². The maximum atomic E-state index is 10.7. The summed E-state index contributed by atoms with van der Waals surface area (Å²) in [7, 11) is 1.00. The molecule has 3 nitrogen and oxygen atoms in total. The van der Waals surface area contributed by atoms with Gasteiger partial charge in [0.1, 0.15) is 18.7 Å². The summed E-state index contributed by atoms with van der Waals surface area (Å²) in [6.07, 6.45) is 6.03. The van der Waals surface area contributed by atoms with Crippen LogP contribution >= 0.6 is 0 Å². The average molecular weight is 260 g/mol. The summed E-state index contributed by atoms with van der Waals surface area (Å²) in [5.41, 5.74) is 2.67. The van der Waals surface area contributed by atoms with E-state index in [1.165, 1.54) is 0 Å². The van der Waals surface area contributed by atoms with Crippen molar-refractivity contribution in [3.05, 3.63) is 72.0 Å². The molecule has 1 aromatic rings. The number of aldehydes is 1. The van der Waals surface area contributed by atoms with E-state index in [4.69, 9.17) is 9.84 Å². The molecule has 0 aliphatic rings. The van der Waals surface area contributed by atoms with Crippen molar-refractivity contribution in [2.75, 3.05) is 7.11 Å². The second-order valence-corrected chi connectivity index (χ2v) is 3.66. The third-order valence-corrected chi connectivity index (χ3v) is 2.30. The van der Waals surface area contributed by atoms with E-state index in [9.17, 15) is 4.79 Å². The van der Waals surface area contributed by atoms with E-state index >= 15 is 0 Å². The quantitative estimate of drug-likeness (QED) is 0.485. The van der Waals surface area contributed by atoms with Crippen LogP contribution in [-0.4, -0.2) is 18.5 Å². The molecule has 1 rings (SSSR count). The first-order valence-electron chi connectivity index (χ1n) is 5.77. The van der Waals surface area contributed by atoms with Gasteiger partial charge in [0.05, 0.1) is 0 Å². The van der Waals surface area contributed by atoms with Crippen molar-refractivity contribution < 1.29 is 14.6 Å². The first-order chi connectivity index (χ1) is 9.17. The zero-order valence-corrected chi connectivity index (χ0v) is 11.4. The Morgan fingerprint density at radius 1 is 1.42 bits per heavy atom. The van der Waals surface area contributed by atoms with E-state index in [1.807, 2.05) is 19.1 Å². The third-order valence-electron chi connectivity index (χ3n) is 2.30. The van der Waals surface area contributed by atoms with E-state index < -0.39 is 0 Å². The van der Waals surface area contributed by atoms with Gasteiger partial charge in [0.15, 0.2) is 0 Å². The summed E-state index contributed by atoms with van der Waals surface area (Å²) in [5, 5.41) is 7.00. The van der Waals surface area contributed by atoms with E-state index in [-0.39, 0.29) is 0 Å². The van der Waals surface area contributed by atoms with Gasteiger partial charge in [-0.2, -0.15) is 0 Å². The standard InChI is InChI=1S/C15H16O2.CH4O/c1-4-5-6-13(3)17-11-14-7-8-15(10-16)12(2)9-14;1-2/h4-10H,1,3,11H2,2H3;2H,1H3/b6-5-;. The highest BCUT2D eigenvalue weighted by molar-refractivity contribution is 5.77. The molecule has 0 aromatic heterocycles. The van der Waals surface area contributed by atoms with Crippen molar-refractivity contribution in [2.45, 2.75) is 13.5 Å². The number of carbonyl (C=O) groups excluding carboxylic acids is 1. The molecule has 1 N–H and O–H groups in total. The first-order valence-corrected chi connectivity index (χ1v) is 5.77. The van der Waals surface area contributed by atoms with Gasteiger partial charge in [-0.05, 0) is 24.1 Å². The maximum Gasteiger partial charge on any atom is 0.150 e. The van der Waals surface area contributed by atoms with Crippen LogP contribution in [0.1, 0.15) is 21.5 Å². The second kappa shape index (κ2) is 9.85. The molecule has 0 fully saturated rings. The summed E-state index contributed by atoms with van der Waals surface area (Å²) in [4.78, 5) is 10.7. The van der Waals surface area contributed by atoms with E-state index in [1.54, 1.807) is 24.3 Å². The zero-order valence-electron chi connectivity index (χ0n) is 11.4. The fraction of sp³-hybridized carbons (Fsp3) is 0.188. The SMILES string of the molecule is C=C/C=C\C(=C)OCc1ccc(C=O)c(C)c1.CO. The maximum absolute atomic E-state index is 10.7. The molecular formula is C16H20O3. The van der Waals surface area contributed by atoms with Gasteiger partial charge in [-0.25, -0.2) is 0 Å². The summed E-state index contributed by atoms with van der Waals surface area (Å²) < 4.78 is 5.44. The Labute approximate surface area is 114 Å². The topological polar surface area (TPSA) is 46.5 Å². The number of rotatable bonds is 6. The third kappa shape index (κ3) is 6.38. The van der Waals surface area contributed by atoms with Crippen molar-refractivity contribution in [2.24, 2.45) is 0 Å². The fourth-order valence-electron chi connectivity index (χ4n) is 1.36. The molecular weight excluding hydrogens is 240 g/mol. The molecule has 0 aliphatic carbocycles. The predicted molar refractivity (Wildman–Crippen MR) is 78.0 cm³/mol. The van der Waals surface area contributed by atoms with Gasteiger partial charge < -0.3 is 9.84 Å². The van der Waals surface area contributed by atoms with Crippen LogP contribution in [0.15, 0.2) is 55.3 Å². The highest BCUT2D eigenvalue weighted by Gasteiger charge is 1.99. The van der Waals surface area contributed by atoms with Crippen LogP contribution in [0.25, 0.3) is 0 Å². The van der Waals surface area contributed by atoms with E-state index in [0.29, 0.717) is 17.9 Å². The van der Waals surface area contributed by atoms with Gasteiger partial charge in [-0.1, -0.05) is 43.5 Å². The Balaban J connectivity index is 0.00000154. The van der Waals surface area contributed by atoms with Gasteiger partial charge >= 0.3 is 0 Å². The number of aliphatic hydroxyl groups is 1. The Bertz CT molecular complexity index is 459.